The van der Waals surface area contributed by atoms with Crippen molar-refractivity contribution in [1.29, 1.82) is 0 Å². The summed E-state index contributed by atoms with van der Waals surface area (Å²) >= 11 is 0. The number of imidazole rings is 1. The van der Waals surface area contributed by atoms with Crippen LogP contribution in [0.3, 0.4) is 0 Å². The molecule has 3 aromatic rings. The number of carbonyl (C=O) groups excluding carboxylic acids is 3. The third kappa shape index (κ3) is 5.96. The van der Waals surface area contributed by atoms with Gasteiger partial charge in [0.25, 0.3) is 0 Å². The van der Waals surface area contributed by atoms with Crippen LogP contribution < -0.4 is 15.0 Å². The summed E-state index contributed by atoms with van der Waals surface area (Å²) in [5, 5.41) is 3.01. The molecular weight excluding hydrogens is 544 g/mol. The van der Waals surface area contributed by atoms with Crippen molar-refractivity contribution in [3.63, 3.8) is 0 Å². The van der Waals surface area contributed by atoms with Gasteiger partial charge in [0, 0.05) is 49.6 Å². The van der Waals surface area contributed by atoms with Crippen LogP contribution in [-0.2, 0) is 27.2 Å². The Morgan fingerprint density at radius 3 is 2.47 bits per heavy atom. The van der Waals surface area contributed by atoms with Gasteiger partial charge in [0.15, 0.2) is 0 Å². The van der Waals surface area contributed by atoms with E-state index in [0.717, 1.165) is 42.0 Å². The molecule has 3 heterocycles. The number of hydrogen-bond donors (Lipinski definition) is 2. The largest absolute Gasteiger partial charge is 0.497 e. The second-order valence-electron chi connectivity index (χ2n) is 11.9. The van der Waals surface area contributed by atoms with Crippen LogP contribution in [0, 0.1) is 0 Å². The first kappa shape index (κ1) is 28.8. The van der Waals surface area contributed by atoms with Crippen molar-refractivity contribution in [3.8, 4) is 5.75 Å². The highest BCUT2D eigenvalue weighted by molar-refractivity contribution is 5.94. The summed E-state index contributed by atoms with van der Waals surface area (Å²) in [6.45, 7) is 1.50. The van der Waals surface area contributed by atoms with Crippen LogP contribution >= 0.6 is 0 Å². The summed E-state index contributed by atoms with van der Waals surface area (Å²) in [5.74, 6) is 0.618. The molecule has 43 heavy (non-hydrogen) atoms. The van der Waals surface area contributed by atoms with E-state index in [9.17, 15) is 14.4 Å². The number of aryl methyl sites for hydroxylation is 1. The summed E-state index contributed by atoms with van der Waals surface area (Å²) in [6.07, 6.45) is 8.80. The number of aromatic nitrogens is 2. The standard InChI is InChI=1S/C33H40N6O4/c1-43-28-13-10-24(11-14-28)20-29(36-30(40)15-12-25-21-34-22-35-25)31(41)37-18-16-33(17-19-37)32(42)38(26-8-5-9-26)23-39(33)27-6-3-2-4-7-27/h2-4,6-7,10-11,13-14,21-22,26,29H,5,8-9,12,15-20,23H2,1H3,(H,34,35)(H,36,40)/t29-/m1/s1. The minimum Gasteiger partial charge on any atom is -0.497 e. The summed E-state index contributed by atoms with van der Waals surface area (Å²) < 4.78 is 5.29. The third-order valence-corrected chi connectivity index (χ3v) is 9.36. The van der Waals surface area contributed by atoms with Crippen molar-refractivity contribution >= 4 is 23.4 Å². The quantitative estimate of drug-likeness (QED) is 0.379. The predicted molar refractivity (Wildman–Crippen MR) is 162 cm³/mol. The van der Waals surface area contributed by atoms with Gasteiger partial charge >= 0.3 is 0 Å². The number of carbonyl (C=O) groups is 3. The highest BCUT2D eigenvalue weighted by Gasteiger charge is 2.56. The van der Waals surface area contributed by atoms with Crippen LogP contribution in [-0.4, -0.2) is 82.0 Å². The zero-order chi connectivity index (χ0) is 29.8. The molecule has 3 aliphatic rings. The Morgan fingerprint density at radius 2 is 1.84 bits per heavy atom. The molecule has 1 aliphatic carbocycles. The summed E-state index contributed by atoms with van der Waals surface area (Å²) in [7, 11) is 1.61. The second kappa shape index (κ2) is 12.5. The molecule has 0 bridgehead atoms. The molecule has 2 aromatic carbocycles. The number of aromatic amines is 1. The molecule has 10 nitrogen and oxygen atoms in total. The number of para-hydroxylation sites is 1. The van der Waals surface area contributed by atoms with Gasteiger partial charge in [0.2, 0.25) is 17.7 Å². The fourth-order valence-electron chi connectivity index (χ4n) is 6.59. The first-order valence-electron chi connectivity index (χ1n) is 15.3. The molecule has 2 saturated heterocycles. The average molecular weight is 585 g/mol. The molecule has 3 amide bonds. The van der Waals surface area contributed by atoms with Gasteiger partial charge in [-0.3, -0.25) is 14.4 Å². The SMILES string of the molecule is COc1ccc(C[C@@H](NC(=O)CCc2cnc[nH]2)C(=O)N2CCC3(CC2)C(=O)N(C2CCC2)CN3c2ccccc2)cc1. The van der Waals surface area contributed by atoms with Crippen LogP contribution in [0.4, 0.5) is 5.69 Å². The third-order valence-electron chi connectivity index (χ3n) is 9.36. The normalized spacial score (nSPS) is 18.9. The number of nitrogens with zero attached hydrogens (tertiary/aromatic N) is 4. The van der Waals surface area contributed by atoms with Crippen molar-refractivity contribution in [2.75, 3.05) is 31.8 Å². The Morgan fingerprint density at radius 1 is 1.09 bits per heavy atom. The minimum atomic E-state index is -0.715. The zero-order valence-electron chi connectivity index (χ0n) is 24.7. The van der Waals surface area contributed by atoms with E-state index in [-0.39, 0.29) is 24.1 Å². The number of ether oxygens (including phenoxy) is 1. The van der Waals surface area contributed by atoms with E-state index in [0.29, 0.717) is 51.5 Å². The molecule has 1 atom stereocenters. The lowest BCUT2D eigenvalue weighted by Gasteiger charge is -2.44. The minimum absolute atomic E-state index is 0.117. The topological polar surface area (TPSA) is 111 Å². The van der Waals surface area contributed by atoms with E-state index >= 15 is 0 Å². The Balaban J connectivity index is 1.17. The monoisotopic (exact) mass is 584 g/mol. The van der Waals surface area contributed by atoms with Crippen LogP contribution in [0.1, 0.15) is 49.8 Å². The molecule has 226 valence electrons. The van der Waals surface area contributed by atoms with Crippen LogP contribution in [0.2, 0.25) is 0 Å². The molecule has 0 unspecified atom stereocenters. The first-order valence-corrected chi connectivity index (χ1v) is 15.3. The van der Waals surface area contributed by atoms with Gasteiger partial charge in [-0.1, -0.05) is 30.3 Å². The van der Waals surface area contributed by atoms with E-state index in [1.165, 1.54) is 0 Å². The number of likely N-dealkylation sites (tertiary alicyclic amines) is 1. The Bertz CT molecular complexity index is 1400. The number of anilines is 1. The molecular formula is C33H40N6O4. The van der Waals surface area contributed by atoms with Crippen molar-refractivity contribution in [2.24, 2.45) is 0 Å². The van der Waals surface area contributed by atoms with Gasteiger partial charge in [0.1, 0.15) is 17.3 Å². The van der Waals surface area contributed by atoms with Crippen LogP contribution in [0.15, 0.2) is 67.1 Å². The lowest BCUT2D eigenvalue weighted by atomic mass is 9.84. The molecule has 2 aliphatic heterocycles. The van der Waals surface area contributed by atoms with E-state index in [2.05, 4.69) is 37.2 Å². The molecule has 1 saturated carbocycles. The van der Waals surface area contributed by atoms with Gasteiger partial charge in [0.05, 0.1) is 20.1 Å². The smallest absolute Gasteiger partial charge is 0.250 e. The lowest BCUT2D eigenvalue weighted by Crippen LogP contribution is -2.60. The van der Waals surface area contributed by atoms with Crippen molar-refractivity contribution in [2.45, 2.75) is 69.0 Å². The van der Waals surface area contributed by atoms with Crippen LogP contribution in [0.5, 0.6) is 5.75 Å². The summed E-state index contributed by atoms with van der Waals surface area (Å²) in [4.78, 5) is 54.3. The maximum atomic E-state index is 14.0. The van der Waals surface area contributed by atoms with E-state index < -0.39 is 11.6 Å². The maximum absolute atomic E-state index is 14.0. The fraction of sp³-hybridized carbons (Fsp3) is 0.455. The van der Waals surface area contributed by atoms with E-state index in [1.54, 1.807) is 19.6 Å². The molecule has 6 rings (SSSR count). The van der Waals surface area contributed by atoms with Crippen LogP contribution in [0.25, 0.3) is 0 Å². The lowest BCUT2D eigenvalue weighted by molar-refractivity contribution is -0.142. The maximum Gasteiger partial charge on any atom is 0.250 e. The van der Waals surface area contributed by atoms with Gasteiger partial charge < -0.3 is 29.7 Å². The molecule has 1 spiro atoms. The Kier molecular flexibility index (Phi) is 8.35. The highest BCUT2D eigenvalue weighted by atomic mass is 16.5. The van der Waals surface area contributed by atoms with Crippen molar-refractivity contribution in [1.82, 2.24) is 25.1 Å². The van der Waals surface area contributed by atoms with E-state index in [4.69, 9.17) is 4.74 Å². The number of nitrogens with one attached hydrogen (secondary N) is 2. The summed E-state index contributed by atoms with van der Waals surface area (Å²) in [6, 6.07) is 17.3. The molecule has 1 aromatic heterocycles. The van der Waals surface area contributed by atoms with Gasteiger partial charge in [-0.15, -0.1) is 0 Å². The average Bonchev–Trinajstić information content (AvgIpc) is 3.63. The number of benzene rings is 2. The number of rotatable bonds is 10. The summed E-state index contributed by atoms with van der Waals surface area (Å²) in [5.41, 5.74) is 2.18. The molecule has 2 N–H and O–H groups in total. The molecule has 3 fully saturated rings. The Labute approximate surface area is 252 Å². The first-order chi connectivity index (χ1) is 21.0. The van der Waals surface area contributed by atoms with Crippen molar-refractivity contribution in [3.05, 3.63) is 78.4 Å². The molecule has 0 radical (unpaired) electrons. The zero-order valence-corrected chi connectivity index (χ0v) is 24.7. The number of methoxy groups -OCH3 is 1. The Hall–Kier alpha value is -4.34. The highest BCUT2D eigenvalue weighted by Crippen LogP contribution is 2.42. The molecule has 10 heteroatoms. The van der Waals surface area contributed by atoms with Crippen molar-refractivity contribution < 1.29 is 19.1 Å². The number of H-pyrrole nitrogens is 1. The second-order valence-corrected chi connectivity index (χ2v) is 11.9. The number of hydrogen-bond acceptors (Lipinski definition) is 6. The van der Waals surface area contributed by atoms with Gasteiger partial charge in [-0.2, -0.15) is 0 Å². The predicted octanol–water partition coefficient (Wildman–Crippen LogP) is 3.30. The van der Waals surface area contributed by atoms with Gasteiger partial charge in [-0.25, -0.2) is 4.98 Å². The fourth-order valence-corrected chi connectivity index (χ4v) is 6.59. The number of piperidine rings is 1. The van der Waals surface area contributed by atoms with E-state index in [1.807, 2.05) is 47.4 Å². The van der Waals surface area contributed by atoms with Gasteiger partial charge in [-0.05, 0) is 68.4 Å². The number of amides is 3.